The van der Waals surface area contributed by atoms with Crippen LogP contribution in [0.5, 0.6) is 0 Å². The van der Waals surface area contributed by atoms with Gasteiger partial charge < -0.3 is 0 Å². The SMILES string of the molecule is c1ccc(-c2ccccc2-c2c3c(c(-c4ccccc4-c4ccccc4)c4cc5ccccc5cc24)=c2ccc4c5c(ccc=3c25)=c2ccc(-c3cc5ccccc5s3)cc2=4)cc1. The molecule has 0 spiro atoms. The van der Waals surface area contributed by atoms with Gasteiger partial charge in [-0.25, -0.2) is 0 Å². The molecule has 12 aromatic rings. The second kappa shape index (κ2) is 13.3. The summed E-state index contributed by atoms with van der Waals surface area (Å²) in [4.78, 5) is 1.31. The van der Waals surface area contributed by atoms with Gasteiger partial charge in [-0.15, -0.1) is 11.3 Å². The number of hydrogen-bond acceptors (Lipinski definition) is 1. The molecule has 1 heterocycles. The molecule has 1 aromatic heterocycles. The summed E-state index contributed by atoms with van der Waals surface area (Å²) in [6, 6.07) is 81.8. The normalized spacial score (nSPS) is 12.1. The van der Waals surface area contributed by atoms with Crippen LogP contribution in [-0.2, 0) is 0 Å². The molecule has 63 heavy (non-hydrogen) atoms. The summed E-state index contributed by atoms with van der Waals surface area (Å²) in [6.45, 7) is 0. The highest BCUT2D eigenvalue weighted by atomic mass is 32.1. The Labute approximate surface area is 366 Å². The topological polar surface area (TPSA) is 0 Å². The Bertz CT molecular complexity index is 4160. The first kappa shape index (κ1) is 34.8. The van der Waals surface area contributed by atoms with Gasteiger partial charge in [0, 0.05) is 9.58 Å². The van der Waals surface area contributed by atoms with Gasteiger partial charge in [0.2, 0.25) is 0 Å². The highest BCUT2D eigenvalue weighted by Crippen LogP contribution is 2.47. The minimum Gasteiger partial charge on any atom is -0.135 e. The molecule has 0 saturated heterocycles. The standard InChI is InChI=1S/C62H36S/c1-3-15-37(16-4-1)43-22-10-12-24-46(43)58-53-33-39-19-7-8-20-40(39)34-54(53)59(47-25-13-11-23-44(47)38-17-5-2-6-18-38)62-51-32-30-49-52-35-42(56-36-41-21-9-14-26-55(41)63-56)27-28-45(52)48-29-31-50(61(58)62)60(51)57(48)49/h1-36H. The summed E-state index contributed by atoms with van der Waals surface area (Å²) in [5.41, 5.74) is 11.3. The van der Waals surface area contributed by atoms with Gasteiger partial charge in [-0.05, 0) is 160 Å². The number of rotatable bonds is 5. The molecule has 0 amide bonds. The molecule has 2 aliphatic carbocycles. The molecule has 0 nitrogen and oxygen atoms in total. The Morgan fingerprint density at radius 2 is 0.714 bits per heavy atom. The van der Waals surface area contributed by atoms with E-state index in [0.717, 1.165) is 0 Å². The second-order valence-corrected chi connectivity index (χ2v) is 18.1. The van der Waals surface area contributed by atoms with Crippen molar-refractivity contribution in [1.82, 2.24) is 0 Å². The average molecular weight is 813 g/mol. The smallest absolute Gasteiger partial charge is 0.0355 e. The third-order valence-electron chi connectivity index (χ3n) is 13.7. The predicted octanol–water partition coefficient (Wildman–Crippen LogP) is 16.5. The Kier molecular flexibility index (Phi) is 7.37. The van der Waals surface area contributed by atoms with Crippen molar-refractivity contribution in [2.45, 2.75) is 0 Å². The fraction of sp³-hybridized carbons (Fsp3) is 0. The molecular formula is C62H36S. The molecule has 11 aromatic carbocycles. The first-order chi connectivity index (χ1) is 31.3. The lowest BCUT2D eigenvalue weighted by Crippen LogP contribution is -1.96. The van der Waals surface area contributed by atoms with Crippen LogP contribution in [0.15, 0.2) is 218 Å². The highest BCUT2D eigenvalue weighted by Gasteiger charge is 2.24. The molecule has 0 atom stereocenters. The van der Waals surface area contributed by atoms with E-state index in [4.69, 9.17) is 0 Å². The van der Waals surface area contributed by atoms with E-state index in [1.807, 2.05) is 11.3 Å². The van der Waals surface area contributed by atoms with Crippen LogP contribution in [0.25, 0.3) is 97.4 Å². The quantitative estimate of drug-likeness (QED) is 0.152. The van der Waals surface area contributed by atoms with Crippen molar-refractivity contribution in [3.05, 3.63) is 260 Å². The number of hydrogen-bond donors (Lipinski definition) is 0. The summed E-state index contributed by atoms with van der Waals surface area (Å²) >= 11 is 1.88. The van der Waals surface area contributed by atoms with Crippen molar-refractivity contribution in [3.8, 4) is 54.9 Å². The molecule has 1 heteroatoms. The maximum absolute atomic E-state index is 2.47. The van der Waals surface area contributed by atoms with Gasteiger partial charge in [0.15, 0.2) is 0 Å². The average Bonchev–Trinajstić information content (AvgIpc) is 4.03. The van der Waals surface area contributed by atoms with Gasteiger partial charge in [-0.3, -0.25) is 0 Å². The van der Waals surface area contributed by atoms with Crippen LogP contribution in [0.4, 0.5) is 0 Å². The van der Waals surface area contributed by atoms with Crippen LogP contribution < -0.4 is 0 Å². The molecule has 2 aliphatic rings. The van der Waals surface area contributed by atoms with E-state index in [-0.39, 0.29) is 0 Å². The Morgan fingerprint density at radius 1 is 0.270 bits per heavy atom. The van der Waals surface area contributed by atoms with Crippen molar-refractivity contribution in [2.24, 2.45) is 0 Å². The van der Waals surface area contributed by atoms with Crippen molar-refractivity contribution in [3.63, 3.8) is 0 Å². The maximum Gasteiger partial charge on any atom is 0.0355 e. The van der Waals surface area contributed by atoms with Crippen molar-refractivity contribution >= 4 is 53.7 Å². The van der Waals surface area contributed by atoms with Crippen molar-refractivity contribution in [1.29, 1.82) is 0 Å². The van der Waals surface area contributed by atoms with Gasteiger partial charge in [0.05, 0.1) is 0 Å². The molecule has 14 rings (SSSR count). The predicted molar refractivity (Wildman–Crippen MR) is 265 cm³/mol. The zero-order valence-corrected chi connectivity index (χ0v) is 35.0. The second-order valence-electron chi connectivity index (χ2n) is 17.0. The molecule has 0 fully saturated rings. The lowest BCUT2D eigenvalue weighted by molar-refractivity contribution is 1.47. The Morgan fingerprint density at radius 3 is 1.29 bits per heavy atom. The van der Waals surface area contributed by atoms with Crippen LogP contribution in [0, 0.1) is 41.7 Å². The van der Waals surface area contributed by atoms with Crippen LogP contribution in [0.1, 0.15) is 0 Å². The highest BCUT2D eigenvalue weighted by molar-refractivity contribution is 7.22. The van der Waals surface area contributed by atoms with E-state index in [1.165, 1.54) is 139 Å². The third-order valence-corrected chi connectivity index (χ3v) is 14.9. The molecule has 0 bridgehead atoms. The minimum atomic E-state index is 1.22. The molecule has 0 aliphatic heterocycles. The summed E-state index contributed by atoms with van der Waals surface area (Å²) in [5, 5.41) is 19.6. The largest absolute Gasteiger partial charge is 0.135 e. The number of benzene rings is 11. The Balaban J connectivity index is 1.22. The van der Waals surface area contributed by atoms with E-state index >= 15 is 0 Å². The first-order valence-corrected chi connectivity index (χ1v) is 22.6. The fourth-order valence-corrected chi connectivity index (χ4v) is 12.1. The van der Waals surface area contributed by atoms with Gasteiger partial charge in [0.1, 0.15) is 0 Å². The van der Waals surface area contributed by atoms with Crippen LogP contribution in [-0.4, -0.2) is 0 Å². The van der Waals surface area contributed by atoms with Crippen LogP contribution in [0.3, 0.4) is 0 Å². The van der Waals surface area contributed by atoms with E-state index in [2.05, 4.69) is 218 Å². The zero-order chi connectivity index (χ0) is 41.2. The fourth-order valence-electron chi connectivity index (χ4n) is 11.1. The molecular weight excluding hydrogens is 777 g/mol. The summed E-state index contributed by atoms with van der Waals surface area (Å²) < 4.78 is 1.32. The molecule has 0 saturated carbocycles. The first-order valence-electron chi connectivity index (χ1n) is 21.8. The van der Waals surface area contributed by atoms with E-state index in [0.29, 0.717) is 0 Å². The molecule has 0 unspecified atom stereocenters. The number of thiophene rings is 1. The van der Waals surface area contributed by atoms with Crippen LogP contribution in [0.2, 0.25) is 0 Å². The summed E-state index contributed by atoms with van der Waals surface area (Å²) in [6.07, 6.45) is 0. The maximum atomic E-state index is 2.47. The lowest BCUT2D eigenvalue weighted by atomic mass is 9.83. The van der Waals surface area contributed by atoms with Crippen molar-refractivity contribution < 1.29 is 0 Å². The minimum absolute atomic E-state index is 1.22. The van der Waals surface area contributed by atoms with E-state index in [1.54, 1.807) is 0 Å². The van der Waals surface area contributed by atoms with E-state index < -0.39 is 0 Å². The van der Waals surface area contributed by atoms with Gasteiger partial charge in [0.25, 0.3) is 0 Å². The van der Waals surface area contributed by atoms with Gasteiger partial charge in [-0.1, -0.05) is 188 Å². The van der Waals surface area contributed by atoms with Crippen LogP contribution >= 0.6 is 11.3 Å². The third kappa shape index (κ3) is 5.03. The molecule has 0 radical (unpaired) electrons. The zero-order valence-electron chi connectivity index (χ0n) is 34.2. The summed E-state index contributed by atoms with van der Waals surface area (Å²) in [5.74, 6) is 0. The molecule has 290 valence electrons. The lowest BCUT2D eigenvalue weighted by Gasteiger charge is -2.20. The Hall–Kier alpha value is -7.84. The monoisotopic (exact) mass is 812 g/mol. The van der Waals surface area contributed by atoms with Crippen molar-refractivity contribution in [2.75, 3.05) is 0 Å². The molecule has 0 N–H and O–H groups in total. The van der Waals surface area contributed by atoms with E-state index in [9.17, 15) is 0 Å². The van der Waals surface area contributed by atoms with Gasteiger partial charge in [-0.2, -0.15) is 0 Å². The van der Waals surface area contributed by atoms with Gasteiger partial charge >= 0.3 is 0 Å². The summed E-state index contributed by atoms with van der Waals surface area (Å²) in [7, 11) is 0. The number of fused-ring (bicyclic) bond motifs is 5.